The third kappa shape index (κ3) is 3.50. The molecule has 3 aromatic rings. The minimum absolute atomic E-state index is 0.250. The molecule has 0 N–H and O–H groups in total. The fourth-order valence-corrected chi connectivity index (χ4v) is 5.90. The van der Waals surface area contributed by atoms with Crippen LogP contribution in [0.1, 0.15) is 29.8 Å². The molecule has 8 heteroatoms. The molecule has 29 heavy (non-hydrogen) atoms. The Hall–Kier alpha value is -2.15. The lowest BCUT2D eigenvalue weighted by Crippen LogP contribution is -2.41. The number of hydrogen-bond donors (Lipinski definition) is 0. The topological polar surface area (TPSA) is 64.3 Å². The smallest absolute Gasteiger partial charge is 0.189 e. The first kappa shape index (κ1) is 20.1. The second kappa shape index (κ2) is 7.27. The number of aliphatic imine (C=N–C) groups is 1. The summed E-state index contributed by atoms with van der Waals surface area (Å²) in [5.41, 5.74) is 2.96. The van der Waals surface area contributed by atoms with Crippen molar-refractivity contribution >= 4 is 44.6 Å². The van der Waals surface area contributed by atoms with Crippen molar-refractivity contribution in [2.75, 3.05) is 0 Å². The van der Waals surface area contributed by atoms with Gasteiger partial charge in [0.25, 0.3) is 0 Å². The Labute approximate surface area is 179 Å². The summed E-state index contributed by atoms with van der Waals surface area (Å²) in [6.07, 6.45) is 0. The van der Waals surface area contributed by atoms with Crippen LogP contribution in [0.5, 0.6) is 0 Å². The molecular formula is C21H19Cl2N3O2S. The summed E-state index contributed by atoms with van der Waals surface area (Å²) in [5.74, 6) is 0.617. The van der Waals surface area contributed by atoms with Crippen LogP contribution in [0.25, 0.3) is 0 Å². The van der Waals surface area contributed by atoms with E-state index >= 15 is 0 Å². The van der Waals surface area contributed by atoms with Gasteiger partial charge in [0.15, 0.2) is 15.7 Å². The van der Waals surface area contributed by atoms with Crippen LogP contribution >= 0.6 is 23.2 Å². The van der Waals surface area contributed by atoms with Crippen LogP contribution in [-0.2, 0) is 9.84 Å². The lowest BCUT2D eigenvalue weighted by molar-refractivity contribution is 0.508. The van der Waals surface area contributed by atoms with Crippen molar-refractivity contribution in [2.45, 2.75) is 37.0 Å². The summed E-state index contributed by atoms with van der Waals surface area (Å²) in [6, 6.07) is 13.2. The van der Waals surface area contributed by atoms with Gasteiger partial charge in [-0.25, -0.2) is 18.1 Å². The predicted octanol–water partition coefficient (Wildman–Crippen LogP) is 5.34. The van der Waals surface area contributed by atoms with Gasteiger partial charge in [0.05, 0.1) is 20.6 Å². The quantitative estimate of drug-likeness (QED) is 0.543. The van der Waals surface area contributed by atoms with Crippen LogP contribution in [0.2, 0.25) is 10.0 Å². The molecule has 0 amide bonds. The summed E-state index contributed by atoms with van der Waals surface area (Å²) in [4.78, 5) is 4.80. The molecule has 2 heterocycles. The van der Waals surface area contributed by atoms with Crippen molar-refractivity contribution in [3.8, 4) is 0 Å². The van der Waals surface area contributed by atoms with E-state index in [2.05, 4.69) is 10.1 Å². The largest absolute Gasteiger partial charge is 0.238 e. The molecule has 1 aromatic heterocycles. The molecule has 0 fully saturated rings. The Morgan fingerprint density at radius 2 is 1.62 bits per heavy atom. The zero-order chi connectivity index (χ0) is 20.9. The van der Waals surface area contributed by atoms with Gasteiger partial charge in [-0.2, -0.15) is 5.10 Å². The van der Waals surface area contributed by atoms with E-state index in [1.165, 1.54) is 0 Å². The molecule has 5 nitrogen and oxygen atoms in total. The molecule has 0 saturated heterocycles. The third-order valence-corrected chi connectivity index (χ3v) is 8.00. The van der Waals surface area contributed by atoms with Crippen LogP contribution in [0.4, 0.5) is 5.82 Å². The molecule has 0 saturated carbocycles. The highest BCUT2D eigenvalue weighted by molar-refractivity contribution is 7.92. The van der Waals surface area contributed by atoms with E-state index in [0.29, 0.717) is 27.1 Å². The molecule has 4 rings (SSSR count). The highest BCUT2D eigenvalue weighted by Gasteiger charge is 2.43. The number of aryl methyl sites for hydroxylation is 2. The van der Waals surface area contributed by atoms with Crippen molar-refractivity contribution in [1.82, 2.24) is 9.78 Å². The van der Waals surface area contributed by atoms with Crippen molar-refractivity contribution in [2.24, 2.45) is 4.99 Å². The van der Waals surface area contributed by atoms with Gasteiger partial charge in [-0.1, -0.05) is 47.0 Å². The predicted molar refractivity (Wildman–Crippen MR) is 116 cm³/mol. The van der Waals surface area contributed by atoms with E-state index in [9.17, 15) is 8.42 Å². The summed E-state index contributed by atoms with van der Waals surface area (Å²) < 4.78 is 29.0. The molecule has 2 aromatic carbocycles. The van der Waals surface area contributed by atoms with Gasteiger partial charge < -0.3 is 0 Å². The van der Waals surface area contributed by atoms with Gasteiger partial charge in [0.2, 0.25) is 0 Å². The highest BCUT2D eigenvalue weighted by atomic mass is 35.5. The van der Waals surface area contributed by atoms with E-state index in [1.54, 1.807) is 54.1 Å². The number of halogens is 2. The standard InChI is InChI=1S/C21H19Cl2N3O2S/c1-12-4-7-16(8-5-12)29(27,28)21-14(3)24-19-10-13(2)25-26(19)20(21)15-6-9-17(22)18(23)11-15/h4-11,20-21H,1-3H3. The fraction of sp³-hybridized carbons (Fsp3) is 0.238. The Kier molecular flexibility index (Phi) is 5.05. The first-order valence-electron chi connectivity index (χ1n) is 9.05. The summed E-state index contributed by atoms with van der Waals surface area (Å²) in [6.45, 7) is 5.51. The Morgan fingerprint density at radius 1 is 0.931 bits per heavy atom. The third-order valence-electron chi connectivity index (χ3n) is 5.06. The second-order valence-electron chi connectivity index (χ2n) is 7.24. The molecular weight excluding hydrogens is 429 g/mol. The van der Waals surface area contributed by atoms with Crippen molar-refractivity contribution in [3.05, 3.63) is 75.4 Å². The van der Waals surface area contributed by atoms with Crippen LogP contribution in [0.15, 0.2) is 58.4 Å². The molecule has 0 radical (unpaired) electrons. The molecule has 0 spiro atoms. The first-order valence-corrected chi connectivity index (χ1v) is 11.4. The number of fused-ring (bicyclic) bond motifs is 1. The molecule has 2 unspecified atom stereocenters. The number of hydrogen-bond acceptors (Lipinski definition) is 4. The Morgan fingerprint density at radius 3 is 2.28 bits per heavy atom. The lowest BCUT2D eigenvalue weighted by Gasteiger charge is -2.32. The number of sulfone groups is 1. The second-order valence-corrected chi connectivity index (χ2v) is 10.1. The SMILES string of the molecule is CC1=Nc2cc(C)nn2C(c2ccc(Cl)c(Cl)c2)C1S(=O)(=O)c1ccc(C)cc1. The van der Waals surface area contributed by atoms with E-state index in [-0.39, 0.29) is 4.90 Å². The van der Waals surface area contributed by atoms with Gasteiger partial charge in [0.1, 0.15) is 11.3 Å². The monoisotopic (exact) mass is 447 g/mol. The average Bonchev–Trinajstić information content (AvgIpc) is 3.02. The van der Waals surface area contributed by atoms with E-state index in [0.717, 1.165) is 11.3 Å². The van der Waals surface area contributed by atoms with Crippen LogP contribution < -0.4 is 0 Å². The van der Waals surface area contributed by atoms with E-state index < -0.39 is 21.1 Å². The minimum Gasteiger partial charge on any atom is -0.238 e. The zero-order valence-corrected chi connectivity index (χ0v) is 18.4. The van der Waals surface area contributed by atoms with Gasteiger partial charge in [-0.3, -0.25) is 0 Å². The number of benzene rings is 2. The summed E-state index contributed by atoms with van der Waals surface area (Å²) in [7, 11) is -3.75. The number of nitrogens with zero attached hydrogens (tertiary/aromatic N) is 3. The van der Waals surface area contributed by atoms with Gasteiger partial charge in [0, 0.05) is 11.8 Å². The molecule has 0 bridgehead atoms. The zero-order valence-electron chi connectivity index (χ0n) is 16.1. The average molecular weight is 448 g/mol. The lowest BCUT2D eigenvalue weighted by atomic mass is 9.99. The maximum Gasteiger partial charge on any atom is 0.189 e. The Balaban J connectivity index is 1.95. The molecule has 2 atom stereocenters. The van der Waals surface area contributed by atoms with Gasteiger partial charge in [-0.15, -0.1) is 0 Å². The minimum atomic E-state index is -3.75. The fourth-order valence-electron chi connectivity index (χ4n) is 3.67. The van der Waals surface area contributed by atoms with Gasteiger partial charge in [-0.05, 0) is 50.6 Å². The summed E-state index contributed by atoms with van der Waals surface area (Å²) >= 11 is 12.4. The normalized spacial score (nSPS) is 19.0. The number of aromatic nitrogens is 2. The van der Waals surface area contributed by atoms with Crippen molar-refractivity contribution in [3.63, 3.8) is 0 Å². The van der Waals surface area contributed by atoms with Crippen molar-refractivity contribution < 1.29 is 8.42 Å². The summed E-state index contributed by atoms with van der Waals surface area (Å²) in [5, 5.41) is 4.39. The van der Waals surface area contributed by atoms with E-state index in [4.69, 9.17) is 23.2 Å². The first-order chi connectivity index (χ1) is 13.7. The maximum absolute atomic E-state index is 13.7. The number of rotatable bonds is 3. The van der Waals surface area contributed by atoms with Gasteiger partial charge >= 0.3 is 0 Å². The molecule has 150 valence electrons. The highest BCUT2D eigenvalue weighted by Crippen LogP contribution is 2.39. The van der Waals surface area contributed by atoms with Crippen LogP contribution in [0.3, 0.4) is 0 Å². The maximum atomic E-state index is 13.7. The van der Waals surface area contributed by atoms with Crippen molar-refractivity contribution in [1.29, 1.82) is 0 Å². The molecule has 1 aliphatic heterocycles. The molecule has 1 aliphatic rings. The van der Waals surface area contributed by atoms with Crippen LogP contribution in [-0.4, -0.2) is 29.2 Å². The van der Waals surface area contributed by atoms with Crippen LogP contribution in [0, 0.1) is 13.8 Å². The molecule has 0 aliphatic carbocycles. The Bertz CT molecular complexity index is 1230. The van der Waals surface area contributed by atoms with E-state index in [1.807, 2.05) is 19.9 Å².